The molecule has 4 fully saturated rings. The minimum absolute atomic E-state index is 0. The van der Waals surface area contributed by atoms with Gasteiger partial charge in [-0.15, -0.1) is 12.4 Å². The number of phenolic OH excluding ortho intramolecular Hbond substituents is 1. The van der Waals surface area contributed by atoms with Crippen molar-refractivity contribution in [3.05, 3.63) is 29.3 Å². The standard InChI is InChI=1S/C20H26O3.C14H27NO6.ClH/c1-12(21)23-19-8-7-18-17-5-3-13-11-14(22)4-6-15(13)16(17)9-10-20(18,19)2;1-14(2)20-12-11(18-7-5-6-15(3)4)10(9(17)8-16)19-13(12)21-14;/h4,6,11,16-19,22H,3,5,7-10H2,1-2H3;9-13,16-17H,5-8H2,1-4H3;1H. The molecule has 2 saturated heterocycles. The summed E-state index contributed by atoms with van der Waals surface area (Å²) in [6.45, 7) is 8.58. The number of esters is 1. The van der Waals surface area contributed by atoms with E-state index in [1.54, 1.807) is 0 Å². The van der Waals surface area contributed by atoms with Crippen molar-refractivity contribution in [2.24, 2.45) is 17.3 Å². The van der Waals surface area contributed by atoms with Crippen molar-refractivity contribution < 1.29 is 43.8 Å². The number of nitrogens with zero attached hydrogens (tertiary/aromatic N) is 1. The summed E-state index contributed by atoms with van der Waals surface area (Å²) in [6.07, 6.45) is 4.71. The Kier molecular flexibility index (Phi) is 11.9. The van der Waals surface area contributed by atoms with E-state index in [0.29, 0.717) is 30.1 Å². The molecule has 256 valence electrons. The number of ether oxygens (including phenoxy) is 5. The molecule has 0 radical (unpaired) electrons. The first kappa shape index (κ1) is 36.3. The van der Waals surface area contributed by atoms with Crippen LogP contribution < -0.4 is 0 Å². The average Bonchev–Trinajstić information content (AvgIpc) is 3.57. The molecule has 10 nitrogen and oxygen atoms in total. The number of aliphatic hydroxyl groups excluding tert-OH is 2. The maximum atomic E-state index is 11.4. The zero-order valence-corrected chi connectivity index (χ0v) is 28.5. The van der Waals surface area contributed by atoms with Gasteiger partial charge in [-0.25, -0.2) is 0 Å². The number of phenols is 1. The first-order valence-corrected chi connectivity index (χ1v) is 16.4. The van der Waals surface area contributed by atoms with Crippen LogP contribution >= 0.6 is 12.4 Å². The van der Waals surface area contributed by atoms with Crippen LogP contribution in [0, 0.1) is 17.3 Å². The van der Waals surface area contributed by atoms with E-state index in [4.69, 9.17) is 28.8 Å². The van der Waals surface area contributed by atoms with Gasteiger partial charge < -0.3 is 43.9 Å². The molecular weight excluding hydrogens is 602 g/mol. The van der Waals surface area contributed by atoms with E-state index in [1.807, 2.05) is 40.1 Å². The summed E-state index contributed by atoms with van der Waals surface area (Å²) in [5.74, 6) is 1.50. The van der Waals surface area contributed by atoms with Gasteiger partial charge in [-0.2, -0.15) is 0 Å². The minimum atomic E-state index is -1.01. The van der Waals surface area contributed by atoms with Crippen molar-refractivity contribution in [2.75, 3.05) is 33.9 Å². The molecule has 5 aliphatic rings. The van der Waals surface area contributed by atoms with Crippen molar-refractivity contribution >= 4 is 18.4 Å². The van der Waals surface area contributed by atoms with E-state index in [2.05, 4.69) is 17.9 Å². The Morgan fingerprint density at radius 2 is 1.89 bits per heavy atom. The SMILES string of the molecule is CC(=O)OC1CCC2C3CCc4cc(O)ccc4C3CCC12C.CN(C)CCCOC1C(C(O)CO)OC2OC(C)(C)OC21.Cl. The lowest BCUT2D eigenvalue weighted by Gasteiger charge is -2.50. The van der Waals surface area contributed by atoms with Crippen molar-refractivity contribution in [2.45, 2.75) is 121 Å². The van der Waals surface area contributed by atoms with Crippen LogP contribution in [0.5, 0.6) is 5.75 Å². The van der Waals surface area contributed by atoms with Crippen molar-refractivity contribution in [3.63, 3.8) is 0 Å². The van der Waals surface area contributed by atoms with Crippen LogP contribution in [-0.4, -0.2) is 103 Å². The molecule has 2 heterocycles. The van der Waals surface area contributed by atoms with Crippen LogP contribution in [-0.2, 0) is 34.9 Å². The molecule has 45 heavy (non-hydrogen) atoms. The summed E-state index contributed by atoms with van der Waals surface area (Å²) in [5, 5.41) is 28.8. The number of carbonyl (C=O) groups is 1. The van der Waals surface area contributed by atoms with Gasteiger partial charge in [0.2, 0.25) is 0 Å². The van der Waals surface area contributed by atoms with E-state index in [-0.39, 0.29) is 42.6 Å². The highest BCUT2D eigenvalue weighted by molar-refractivity contribution is 5.85. The van der Waals surface area contributed by atoms with E-state index in [9.17, 15) is 15.0 Å². The number of halogens is 1. The number of hydrogen-bond acceptors (Lipinski definition) is 10. The van der Waals surface area contributed by atoms with Gasteiger partial charge in [0.25, 0.3) is 0 Å². The zero-order chi connectivity index (χ0) is 31.8. The molecule has 11 heteroatoms. The Labute approximate surface area is 274 Å². The van der Waals surface area contributed by atoms with Crippen LogP contribution in [0.1, 0.15) is 83.3 Å². The number of aromatic hydroxyl groups is 1. The summed E-state index contributed by atoms with van der Waals surface area (Å²) in [7, 11) is 4.01. The number of carbonyl (C=O) groups excluding carboxylic acids is 1. The fraction of sp³-hybridized carbons (Fsp3) is 0.794. The average molecular weight is 656 g/mol. The summed E-state index contributed by atoms with van der Waals surface area (Å²) in [4.78, 5) is 13.5. The Morgan fingerprint density at radius 1 is 1.13 bits per heavy atom. The normalized spacial score (nSPS) is 36.5. The Hall–Kier alpha value is -1.50. The van der Waals surface area contributed by atoms with Crippen molar-refractivity contribution in [3.8, 4) is 5.75 Å². The maximum Gasteiger partial charge on any atom is 0.302 e. The summed E-state index contributed by atoms with van der Waals surface area (Å²) >= 11 is 0. The van der Waals surface area contributed by atoms with Gasteiger partial charge in [0, 0.05) is 18.9 Å². The molecule has 0 amide bonds. The predicted molar refractivity (Wildman–Crippen MR) is 170 cm³/mol. The molecule has 2 aliphatic heterocycles. The largest absolute Gasteiger partial charge is 0.508 e. The van der Waals surface area contributed by atoms with Crippen molar-refractivity contribution in [1.82, 2.24) is 4.90 Å². The monoisotopic (exact) mass is 655 g/mol. The lowest BCUT2D eigenvalue weighted by atomic mass is 9.55. The summed E-state index contributed by atoms with van der Waals surface area (Å²) in [5.41, 5.74) is 2.95. The van der Waals surface area contributed by atoms with Gasteiger partial charge in [0.05, 0.1) is 6.61 Å². The number of hydrogen-bond donors (Lipinski definition) is 3. The molecule has 0 spiro atoms. The topological polar surface area (TPSA) is 127 Å². The molecule has 10 unspecified atom stereocenters. The Bertz CT molecular complexity index is 1150. The molecule has 0 aromatic heterocycles. The molecule has 2 saturated carbocycles. The lowest BCUT2D eigenvalue weighted by molar-refractivity contribution is -0.231. The molecule has 0 bridgehead atoms. The molecule has 6 rings (SSSR count). The molecule has 10 atom stereocenters. The second-order valence-electron chi connectivity index (χ2n) is 14.3. The van der Waals surface area contributed by atoms with Gasteiger partial charge in [-0.1, -0.05) is 13.0 Å². The number of benzene rings is 1. The number of rotatable bonds is 8. The van der Waals surface area contributed by atoms with Crippen LogP contribution in [0.15, 0.2) is 18.2 Å². The number of fused-ring (bicyclic) bond motifs is 6. The van der Waals surface area contributed by atoms with Gasteiger partial charge in [-0.05, 0) is 120 Å². The fourth-order valence-corrected chi connectivity index (χ4v) is 8.62. The van der Waals surface area contributed by atoms with Crippen LogP contribution in [0.2, 0.25) is 0 Å². The van der Waals surface area contributed by atoms with Crippen LogP contribution in [0.25, 0.3) is 0 Å². The van der Waals surface area contributed by atoms with E-state index < -0.39 is 30.4 Å². The maximum absolute atomic E-state index is 11.4. The smallest absolute Gasteiger partial charge is 0.302 e. The zero-order valence-electron chi connectivity index (χ0n) is 27.6. The van der Waals surface area contributed by atoms with Crippen LogP contribution in [0.3, 0.4) is 0 Å². The number of aryl methyl sites for hydroxylation is 1. The third-order valence-corrected chi connectivity index (χ3v) is 10.6. The van der Waals surface area contributed by atoms with E-state index in [1.165, 1.54) is 37.3 Å². The third-order valence-electron chi connectivity index (χ3n) is 10.6. The second kappa shape index (κ2) is 14.7. The Balaban J connectivity index is 0.000000201. The second-order valence-corrected chi connectivity index (χ2v) is 14.3. The van der Waals surface area contributed by atoms with Gasteiger partial charge in [0.15, 0.2) is 12.1 Å². The molecular formula is C34H54ClNO9. The minimum Gasteiger partial charge on any atom is -0.508 e. The Morgan fingerprint density at radius 3 is 2.58 bits per heavy atom. The van der Waals surface area contributed by atoms with Crippen LogP contribution in [0.4, 0.5) is 0 Å². The van der Waals surface area contributed by atoms with Crippen molar-refractivity contribution in [1.29, 1.82) is 0 Å². The summed E-state index contributed by atoms with van der Waals surface area (Å²) < 4.78 is 28.7. The third kappa shape index (κ3) is 7.81. The molecule has 3 aliphatic carbocycles. The molecule has 3 N–H and O–H groups in total. The first-order valence-electron chi connectivity index (χ1n) is 16.4. The number of aliphatic hydroxyl groups is 2. The first-order chi connectivity index (χ1) is 20.8. The van der Waals surface area contributed by atoms with E-state index >= 15 is 0 Å². The molecule has 1 aromatic rings. The predicted octanol–water partition coefficient (Wildman–Crippen LogP) is 4.15. The molecule has 1 aromatic carbocycles. The summed E-state index contributed by atoms with van der Waals surface area (Å²) in [6, 6.07) is 5.93. The quantitative estimate of drug-likeness (QED) is 0.278. The van der Waals surface area contributed by atoms with Gasteiger partial charge in [-0.3, -0.25) is 4.79 Å². The highest BCUT2D eigenvalue weighted by atomic mass is 35.5. The van der Waals surface area contributed by atoms with E-state index in [0.717, 1.165) is 32.2 Å². The van der Waals surface area contributed by atoms with Gasteiger partial charge in [0.1, 0.15) is 36.3 Å². The highest BCUT2D eigenvalue weighted by Gasteiger charge is 2.57. The van der Waals surface area contributed by atoms with Gasteiger partial charge >= 0.3 is 5.97 Å². The lowest BCUT2D eigenvalue weighted by Crippen LogP contribution is -2.45. The fourth-order valence-electron chi connectivity index (χ4n) is 8.62. The highest BCUT2D eigenvalue weighted by Crippen LogP contribution is 2.61.